The number of aromatic nitrogens is 3. The molecule has 170 valence electrons. The van der Waals surface area contributed by atoms with E-state index in [9.17, 15) is 18.0 Å². The number of hydrogen-bond donors (Lipinski definition) is 1. The van der Waals surface area contributed by atoms with Crippen LogP contribution in [0.15, 0.2) is 52.9 Å². The molecule has 1 atom stereocenters. The van der Waals surface area contributed by atoms with Crippen molar-refractivity contribution in [3.8, 4) is 11.1 Å². The fourth-order valence-electron chi connectivity index (χ4n) is 3.77. The van der Waals surface area contributed by atoms with E-state index < -0.39 is 24.7 Å². The molecule has 5 rings (SSSR count). The average Bonchev–Trinajstić information content (AvgIpc) is 3.48. The number of thiazole rings is 1. The number of carbonyl (C=O) groups is 1. The van der Waals surface area contributed by atoms with Crippen molar-refractivity contribution in [3.63, 3.8) is 0 Å². The third-order valence-electron chi connectivity index (χ3n) is 5.27. The van der Waals surface area contributed by atoms with Gasteiger partial charge in [-0.3, -0.25) is 4.79 Å². The number of nitrogens with zero attached hydrogens (tertiary/aromatic N) is 4. The lowest BCUT2D eigenvalue weighted by Crippen LogP contribution is -2.39. The van der Waals surface area contributed by atoms with Gasteiger partial charge < -0.3 is 14.6 Å². The number of hydrogen-bond acceptors (Lipinski definition) is 7. The number of amides is 1. The highest BCUT2D eigenvalue weighted by atomic mass is 32.1. The molecule has 3 heterocycles. The number of rotatable bonds is 6. The minimum Gasteiger partial charge on any atom is -0.408 e. The van der Waals surface area contributed by atoms with Gasteiger partial charge in [0, 0.05) is 6.54 Å². The molecule has 4 aromatic rings. The molecule has 0 radical (unpaired) electrons. The maximum Gasteiger partial charge on any atom is 0.406 e. The van der Waals surface area contributed by atoms with Crippen LogP contribution in [0.4, 0.5) is 19.2 Å². The first kappa shape index (κ1) is 21.4. The summed E-state index contributed by atoms with van der Waals surface area (Å²) in [6, 6.07) is 15.3. The molecule has 0 bridgehead atoms. The molecule has 2 aromatic carbocycles. The van der Waals surface area contributed by atoms with Crippen LogP contribution < -0.4 is 5.32 Å². The van der Waals surface area contributed by atoms with Crippen LogP contribution in [0, 0.1) is 0 Å². The molecule has 0 spiro atoms. The highest BCUT2D eigenvalue weighted by molar-refractivity contribution is 7.18. The molecule has 1 aliphatic heterocycles. The summed E-state index contributed by atoms with van der Waals surface area (Å²) in [4.78, 5) is 17.6. The van der Waals surface area contributed by atoms with Crippen LogP contribution in [0.5, 0.6) is 0 Å². The molecule has 7 nitrogen and oxygen atoms in total. The lowest BCUT2D eigenvalue weighted by atomic mass is 10.1. The van der Waals surface area contributed by atoms with E-state index >= 15 is 0 Å². The van der Waals surface area contributed by atoms with Crippen molar-refractivity contribution in [2.75, 3.05) is 18.4 Å². The summed E-state index contributed by atoms with van der Waals surface area (Å²) in [7, 11) is 0. The molecular weight excluding hydrogens is 455 g/mol. The second-order valence-corrected chi connectivity index (χ2v) is 8.81. The van der Waals surface area contributed by atoms with Crippen LogP contribution in [-0.4, -0.2) is 51.3 Å². The van der Waals surface area contributed by atoms with Gasteiger partial charge in [0.2, 0.25) is 11.8 Å². The Hall–Kier alpha value is -3.47. The Morgan fingerprint density at radius 2 is 1.94 bits per heavy atom. The van der Waals surface area contributed by atoms with Gasteiger partial charge in [0.15, 0.2) is 0 Å². The molecule has 0 saturated carbocycles. The molecule has 0 aliphatic carbocycles. The first-order valence-electron chi connectivity index (χ1n) is 10.2. The van der Waals surface area contributed by atoms with Crippen LogP contribution in [0.2, 0.25) is 0 Å². The SMILES string of the molecule is O=C1[C@@H](Nc2nnc(Cc3nc4ccc(-c5ccccc5)cc4s3)o2)CCN1CC(F)(F)F. The number of likely N-dealkylation sites (tertiary alicyclic amines) is 1. The molecule has 2 aromatic heterocycles. The predicted octanol–water partition coefficient (Wildman–Crippen LogP) is 4.51. The zero-order valence-electron chi connectivity index (χ0n) is 17.2. The van der Waals surface area contributed by atoms with Gasteiger partial charge in [0.25, 0.3) is 0 Å². The highest BCUT2D eigenvalue weighted by Crippen LogP contribution is 2.29. The van der Waals surface area contributed by atoms with Gasteiger partial charge >= 0.3 is 12.2 Å². The van der Waals surface area contributed by atoms with Gasteiger partial charge in [-0.15, -0.1) is 16.4 Å². The van der Waals surface area contributed by atoms with Crippen molar-refractivity contribution in [3.05, 3.63) is 59.4 Å². The normalized spacial score (nSPS) is 16.6. The Labute approximate surface area is 190 Å². The maximum absolute atomic E-state index is 12.6. The number of carbonyl (C=O) groups excluding carboxylic acids is 1. The fraction of sp³-hybridized carbons (Fsp3) is 0.273. The third kappa shape index (κ3) is 4.82. The van der Waals surface area contributed by atoms with Crippen LogP contribution in [-0.2, 0) is 11.2 Å². The van der Waals surface area contributed by atoms with Crippen LogP contribution in [0.25, 0.3) is 21.3 Å². The Balaban J connectivity index is 1.25. The Bertz CT molecular complexity index is 1290. The van der Waals surface area contributed by atoms with E-state index in [2.05, 4.69) is 26.6 Å². The van der Waals surface area contributed by atoms with Crippen molar-refractivity contribution >= 4 is 33.5 Å². The highest BCUT2D eigenvalue weighted by Gasteiger charge is 2.39. The van der Waals surface area contributed by atoms with Gasteiger partial charge in [0.05, 0.1) is 16.6 Å². The molecule has 1 aliphatic rings. The number of nitrogens with one attached hydrogen (secondary N) is 1. The number of fused-ring (bicyclic) bond motifs is 1. The van der Waals surface area contributed by atoms with E-state index in [1.165, 1.54) is 11.3 Å². The largest absolute Gasteiger partial charge is 0.408 e. The predicted molar refractivity (Wildman–Crippen MR) is 117 cm³/mol. The zero-order valence-corrected chi connectivity index (χ0v) is 18.0. The van der Waals surface area contributed by atoms with Crippen LogP contribution >= 0.6 is 11.3 Å². The Kier molecular flexibility index (Phi) is 5.49. The number of halogens is 3. The summed E-state index contributed by atoms with van der Waals surface area (Å²) in [5.41, 5.74) is 3.09. The van der Waals surface area contributed by atoms with Gasteiger partial charge in [0.1, 0.15) is 17.6 Å². The quantitative estimate of drug-likeness (QED) is 0.444. The van der Waals surface area contributed by atoms with Gasteiger partial charge in [-0.1, -0.05) is 41.5 Å². The molecule has 1 N–H and O–H groups in total. The van der Waals surface area contributed by atoms with E-state index in [1.807, 2.05) is 42.5 Å². The summed E-state index contributed by atoms with van der Waals surface area (Å²) < 4.78 is 44.3. The van der Waals surface area contributed by atoms with E-state index in [-0.39, 0.29) is 19.0 Å². The molecule has 1 saturated heterocycles. The summed E-state index contributed by atoms with van der Waals surface area (Å²) >= 11 is 1.52. The van der Waals surface area contributed by atoms with Crippen molar-refractivity contribution < 1.29 is 22.4 Å². The summed E-state index contributed by atoms with van der Waals surface area (Å²) in [6.45, 7) is -1.24. The van der Waals surface area contributed by atoms with E-state index in [0.717, 1.165) is 31.3 Å². The minimum absolute atomic E-state index is 0.00434. The van der Waals surface area contributed by atoms with Gasteiger partial charge in [-0.05, 0) is 29.7 Å². The summed E-state index contributed by atoms with van der Waals surface area (Å²) in [5, 5.41) is 11.4. The van der Waals surface area contributed by atoms with Gasteiger partial charge in [-0.25, -0.2) is 4.98 Å². The van der Waals surface area contributed by atoms with Crippen molar-refractivity contribution in [1.82, 2.24) is 20.1 Å². The lowest BCUT2D eigenvalue weighted by Gasteiger charge is -2.18. The smallest absolute Gasteiger partial charge is 0.406 e. The topological polar surface area (TPSA) is 84.2 Å². The molecule has 1 fully saturated rings. The molecule has 0 unspecified atom stereocenters. The first-order valence-corrected chi connectivity index (χ1v) is 11.0. The Morgan fingerprint density at radius 1 is 1.12 bits per heavy atom. The standard InChI is InChI=1S/C22H18F3N5O2S/c23-22(24,25)12-30-9-8-16(20(30)31)27-21-29-28-18(32-21)11-19-26-15-7-6-14(10-17(15)33-19)13-4-2-1-3-5-13/h1-7,10,16H,8-9,11-12H2,(H,27,29)/t16-/m0/s1. The maximum atomic E-state index is 12.6. The first-order chi connectivity index (χ1) is 15.8. The van der Waals surface area contributed by atoms with E-state index in [0.29, 0.717) is 12.3 Å². The van der Waals surface area contributed by atoms with E-state index in [1.54, 1.807) is 0 Å². The molecule has 33 heavy (non-hydrogen) atoms. The van der Waals surface area contributed by atoms with Crippen LogP contribution in [0.3, 0.4) is 0 Å². The van der Waals surface area contributed by atoms with E-state index in [4.69, 9.17) is 4.42 Å². The van der Waals surface area contributed by atoms with Crippen molar-refractivity contribution in [2.45, 2.75) is 25.1 Å². The van der Waals surface area contributed by atoms with Gasteiger partial charge in [-0.2, -0.15) is 13.2 Å². The number of anilines is 1. The second-order valence-electron chi connectivity index (χ2n) is 7.69. The zero-order chi connectivity index (χ0) is 23.0. The second kappa shape index (κ2) is 8.47. The number of alkyl halides is 3. The molecule has 11 heteroatoms. The fourth-order valence-corrected chi connectivity index (χ4v) is 4.76. The third-order valence-corrected chi connectivity index (χ3v) is 6.29. The average molecular weight is 473 g/mol. The molecular formula is C22H18F3N5O2S. The summed E-state index contributed by atoms with van der Waals surface area (Å²) in [6.07, 6.45) is -3.89. The molecule has 1 amide bonds. The van der Waals surface area contributed by atoms with Crippen molar-refractivity contribution in [2.24, 2.45) is 0 Å². The minimum atomic E-state index is -4.43. The van der Waals surface area contributed by atoms with Crippen molar-refractivity contribution in [1.29, 1.82) is 0 Å². The lowest BCUT2D eigenvalue weighted by molar-refractivity contribution is -0.157. The monoisotopic (exact) mass is 473 g/mol. The number of benzene rings is 2. The summed E-state index contributed by atoms with van der Waals surface area (Å²) in [5.74, 6) is -0.329. The Morgan fingerprint density at radius 3 is 2.73 bits per heavy atom. The van der Waals surface area contributed by atoms with Crippen LogP contribution in [0.1, 0.15) is 17.3 Å².